The van der Waals surface area contributed by atoms with Gasteiger partial charge in [-0.3, -0.25) is 10.1 Å². The Morgan fingerprint density at radius 2 is 2.20 bits per heavy atom. The minimum atomic E-state index is -0.867. The van der Waals surface area contributed by atoms with Crippen molar-refractivity contribution in [3.63, 3.8) is 0 Å². The van der Waals surface area contributed by atoms with Gasteiger partial charge in [-0.05, 0) is 33.3 Å². The first-order valence-corrected chi connectivity index (χ1v) is 6.27. The number of nitriles is 1. The van der Waals surface area contributed by atoms with Crippen molar-refractivity contribution < 1.29 is 14.8 Å². The lowest BCUT2D eigenvalue weighted by atomic mass is 9.92. The number of non-ortho nitro benzene ring substituents is 1. The lowest BCUT2D eigenvalue weighted by Crippen LogP contribution is -2.14. The Labute approximate surface area is 117 Å². The van der Waals surface area contributed by atoms with Crippen LogP contribution in [0.25, 0.3) is 0 Å². The van der Waals surface area contributed by atoms with Gasteiger partial charge in [-0.2, -0.15) is 5.26 Å². The zero-order chi connectivity index (χ0) is 15.3. The van der Waals surface area contributed by atoms with Crippen LogP contribution in [0.5, 0.6) is 5.75 Å². The Bertz CT molecular complexity index is 532. The van der Waals surface area contributed by atoms with Crippen LogP contribution < -0.4 is 4.74 Å². The lowest BCUT2D eigenvalue weighted by Gasteiger charge is -2.17. The second-order valence-corrected chi connectivity index (χ2v) is 5.25. The molecular formula is C14H18N2O4. The van der Waals surface area contributed by atoms with E-state index in [-0.39, 0.29) is 5.69 Å². The predicted octanol–water partition coefficient (Wildman–Crippen LogP) is 2.97. The first-order chi connectivity index (χ1) is 9.26. The highest BCUT2D eigenvalue weighted by molar-refractivity contribution is 5.44. The molecule has 0 aliphatic heterocycles. The summed E-state index contributed by atoms with van der Waals surface area (Å²) in [6.45, 7) is 5.44. The fraction of sp³-hybridized carbons (Fsp3) is 0.500. The number of hydrogen-bond acceptors (Lipinski definition) is 5. The van der Waals surface area contributed by atoms with Crippen LogP contribution in [0.1, 0.15) is 38.9 Å². The van der Waals surface area contributed by atoms with E-state index in [2.05, 4.69) is 6.07 Å². The Hall–Kier alpha value is -2.13. The second-order valence-electron chi connectivity index (χ2n) is 5.25. The number of ether oxygens (including phenoxy) is 1. The van der Waals surface area contributed by atoms with Crippen LogP contribution in [0.3, 0.4) is 0 Å². The van der Waals surface area contributed by atoms with E-state index in [9.17, 15) is 15.2 Å². The largest absolute Gasteiger partial charge is 0.493 e. The SMILES string of the molecule is C[C@H](O)c1cc([N+](=O)[O-])ccc1OCCC(C)(C)C#N. The van der Waals surface area contributed by atoms with Gasteiger partial charge in [0.25, 0.3) is 5.69 Å². The minimum Gasteiger partial charge on any atom is -0.493 e. The van der Waals surface area contributed by atoms with Crippen molar-refractivity contribution >= 4 is 5.69 Å². The quantitative estimate of drug-likeness (QED) is 0.637. The summed E-state index contributed by atoms with van der Waals surface area (Å²) >= 11 is 0. The summed E-state index contributed by atoms with van der Waals surface area (Å²) in [5, 5.41) is 29.3. The standard InChI is InChI=1S/C14H18N2O4/c1-10(17)12-8-11(16(18)19)4-5-13(12)20-7-6-14(2,3)9-15/h4-5,8,10,17H,6-7H2,1-3H3/t10-/m0/s1. The molecule has 1 atom stereocenters. The molecule has 0 aliphatic rings. The highest BCUT2D eigenvalue weighted by atomic mass is 16.6. The number of rotatable bonds is 6. The van der Waals surface area contributed by atoms with E-state index in [1.165, 1.54) is 25.1 Å². The third-order valence-corrected chi connectivity index (χ3v) is 2.94. The van der Waals surface area contributed by atoms with Gasteiger partial charge in [-0.1, -0.05) is 0 Å². The van der Waals surface area contributed by atoms with Crippen molar-refractivity contribution in [2.45, 2.75) is 33.3 Å². The van der Waals surface area contributed by atoms with Gasteiger partial charge in [0.15, 0.2) is 0 Å². The number of nitro benzene ring substituents is 1. The van der Waals surface area contributed by atoms with E-state index in [1.807, 2.05) is 13.8 Å². The highest BCUT2D eigenvalue weighted by Gasteiger charge is 2.19. The summed E-state index contributed by atoms with van der Waals surface area (Å²) < 4.78 is 5.54. The van der Waals surface area contributed by atoms with E-state index in [4.69, 9.17) is 10.00 Å². The third-order valence-electron chi connectivity index (χ3n) is 2.94. The second kappa shape index (κ2) is 6.35. The fourth-order valence-electron chi connectivity index (χ4n) is 1.58. The van der Waals surface area contributed by atoms with Crippen molar-refractivity contribution in [3.05, 3.63) is 33.9 Å². The molecule has 20 heavy (non-hydrogen) atoms. The fourth-order valence-corrected chi connectivity index (χ4v) is 1.58. The lowest BCUT2D eigenvalue weighted by molar-refractivity contribution is -0.385. The Balaban J connectivity index is 2.85. The van der Waals surface area contributed by atoms with Crippen LogP contribution in [0.2, 0.25) is 0 Å². The smallest absolute Gasteiger partial charge is 0.270 e. The van der Waals surface area contributed by atoms with Crippen molar-refractivity contribution in [1.82, 2.24) is 0 Å². The van der Waals surface area contributed by atoms with E-state index < -0.39 is 16.4 Å². The maximum Gasteiger partial charge on any atom is 0.270 e. The average Bonchev–Trinajstić information content (AvgIpc) is 2.38. The molecule has 0 bridgehead atoms. The molecule has 1 aromatic rings. The molecule has 0 aromatic heterocycles. The van der Waals surface area contributed by atoms with Crippen molar-refractivity contribution in [2.75, 3.05) is 6.61 Å². The summed E-state index contributed by atoms with van der Waals surface area (Å²) in [4.78, 5) is 10.2. The molecule has 1 aromatic carbocycles. The number of benzene rings is 1. The highest BCUT2D eigenvalue weighted by Crippen LogP contribution is 2.30. The van der Waals surface area contributed by atoms with Gasteiger partial charge >= 0.3 is 0 Å². The van der Waals surface area contributed by atoms with E-state index in [1.54, 1.807) is 0 Å². The zero-order valence-corrected chi connectivity index (χ0v) is 11.8. The van der Waals surface area contributed by atoms with Gasteiger partial charge in [0, 0.05) is 17.7 Å². The molecular weight excluding hydrogens is 260 g/mol. The number of nitro groups is 1. The summed E-state index contributed by atoms with van der Waals surface area (Å²) in [6, 6.07) is 6.27. The van der Waals surface area contributed by atoms with Crippen LogP contribution in [-0.4, -0.2) is 16.6 Å². The Kier molecular flexibility index (Phi) is 5.06. The summed E-state index contributed by atoms with van der Waals surface area (Å²) in [6.07, 6.45) is -0.339. The van der Waals surface area contributed by atoms with Gasteiger partial charge in [-0.25, -0.2) is 0 Å². The van der Waals surface area contributed by atoms with Crippen molar-refractivity contribution in [1.29, 1.82) is 5.26 Å². The molecule has 0 spiro atoms. The van der Waals surface area contributed by atoms with E-state index in [0.717, 1.165) is 0 Å². The Morgan fingerprint density at radius 3 is 2.70 bits per heavy atom. The van der Waals surface area contributed by atoms with Crippen LogP contribution >= 0.6 is 0 Å². The normalized spacial score (nSPS) is 12.6. The summed E-state index contributed by atoms with van der Waals surface area (Å²) in [5.41, 5.74) is -0.217. The molecule has 0 amide bonds. The van der Waals surface area contributed by atoms with Crippen LogP contribution in [0, 0.1) is 26.9 Å². The van der Waals surface area contributed by atoms with Gasteiger partial charge in [0.05, 0.1) is 29.1 Å². The van der Waals surface area contributed by atoms with Gasteiger partial charge < -0.3 is 9.84 Å². The van der Waals surface area contributed by atoms with Crippen LogP contribution in [-0.2, 0) is 0 Å². The summed E-state index contributed by atoms with van der Waals surface area (Å²) in [7, 11) is 0. The number of nitrogens with zero attached hydrogens (tertiary/aromatic N) is 2. The third kappa shape index (κ3) is 4.21. The molecule has 0 fully saturated rings. The Morgan fingerprint density at radius 1 is 1.55 bits per heavy atom. The molecule has 0 saturated heterocycles. The molecule has 0 radical (unpaired) electrons. The summed E-state index contributed by atoms with van der Waals surface area (Å²) in [5.74, 6) is 0.402. The van der Waals surface area contributed by atoms with E-state index >= 15 is 0 Å². The molecule has 0 heterocycles. The molecule has 0 aliphatic carbocycles. The molecule has 1 N–H and O–H groups in total. The monoisotopic (exact) mass is 278 g/mol. The molecule has 6 nitrogen and oxygen atoms in total. The van der Waals surface area contributed by atoms with Gasteiger partial charge in [0.1, 0.15) is 5.75 Å². The maximum atomic E-state index is 10.7. The average molecular weight is 278 g/mol. The molecule has 0 unspecified atom stereocenters. The van der Waals surface area contributed by atoms with Gasteiger partial charge in [0.2, 0.25) is 0 Å². The number of hydrogen-bond donors (Lipinski definition) is 1. The number of aliphatic hydroxyl groups is 1. The molecule has 6 heteroatoms. The van der Waals surface area contributed by atoms with Crippen molar-refractivity contribution in [3.8, 4) is 11.8 Å². The maximum absolute atomic E-state index is 10.7. The first-order valence-electron chi connectivity index (χ1n) is 6.27. The zero-order valence-electron chi connectivity index (χ0n) is 11.8. The molecule has 108 valence electrons. The van der Waals surface area contributed by atoms with E-state index in [0.29, 0.717) is 24.3 Å². The number of aliphatic hydroxyl groups excluding tert-OH is 1. The topological polar surface area (TPSA) is 96.4 Å². The molecule has 0 saturated carbocycles. The predicted molar refractivity (Wildman–Crippen MR) is 73.2 cm³/mol. The van der Waals surface area contributed by atoms with Crippen molar-refractivity contribution in [2.24, 2.45) is 5.41 Å². The van der Waals surface area contributed by atoms with Crippen LogP contribution in [0.4, 0.5) is 5.69 Å². The molecule has 1 rings (SSSR count). The first kappa shape index (κ1) is 15.9. The van der Waals surface area contributed by atoms with Gasteiger partial charge in [-0.15, -0.1) is 0 Å². The van der Waals surface area contributed by atoms with Crippen LogP contribution in [0.15, 0.2) is 18.2 Å². The minimum absolute atomic E-state index is 0.0920.